The van der Waals surface area contributed by atoms with E-state index in [1.54, 1.807) is 44.5 Å². The van der Waals surface area contributed by atoms with Gasteiger partial charge < -0.3 is 28.9 Å². The highest BCUT2D eigenvalue weighted by Crippen LogP contribution is 2.46. The van der Waals surface area contributed by atoms with E-state index in [0.29, 0.717) is 54.4 Å². The van der Waals surface area contributed by atoms with Crippen molar-refractivity contribution in [2.24, 2.45) is 0 Å². The van der Waals surface area contributed by atoms with Gasteiger partial charge in [-0.1, -0.05) is 18.2 Å². The maximum absolute atomic E-state index is 15.2. The molecule has 1 fully saturated rings. The van der Waals surface area contributed by atoms with Gasteiger partial charge in [0.2, 0.25) is 5.91 Å². The number of carbonyl (C=O) groups is 2. The van der Waals surface area contributed by atoms with E-state index in [1.165, 1.54) is 25.2 Å². The lowest BCUT2D eigenvalue weighted by Gasteiger charge is -2.43. The number of piperazine rings is 1. The molecule has 1 saturated heterocycles. The summed E-state index contributed by atoms with van der Waals surface area (Å²) in [4.78, 5) is 33.3. The van der Waals surface area contributed by atoms with E-state index in [0.717, 1.165) is 11.4 Å². The van der Waals surface area contributed by atoms with Crippen LogP contribution < -0.4 is 19.1 Å². The van der Waals surface area contributed by atoms with Crippen molar-refractivity contribution in [1.29, 1.82) is 0 Å². The lowest BCUT2D eigenvalue weighted by molar-refractivity contribution is -0.134. The molecule has 3 aromatic rings. The molecule has 0 bridgehead atoms. The first-order valence-electron chi connectivity index (χ1n) is 12.8. The number of hydrogen-bond donors (Lipinski definition) is 0. The Bertz CT molecular complexity index is 1370. The molecule has 39 heavy (non-hydrogen) atoms. The largest absolute Gasteiger partial charge is 0.497 e. The zero-order valence-corrected chi connectivity index (χ0v) is 22.5. The summed E-state index contributed by atoms with van der Waals surface area (Å²) in [6, 6.07) is 16.6. The third kappa shape index (κ3) is 4.73. The molecule has 2 aliphatic heterocycles. The predicted octanol–water partition coefficient (Wildman–Crippen LogP) is 4.11. The first-order valence-corrected chi connectivity index (χ1v) is 12.8. The lowest BCUT2D eigenvalue weighted by atomic mass is 9.78. The number of rotatable bonds is 6. The van der Waals surface area contributed by atoms with Gasteiger partial charge in [0, 0.05) is 50.0 Å². The second-order valence-corrected chi connectivity index (χ2v) is 9.66. The number of benzene rings is 3. The summed E-state index contributed by atoms with van der Waals surface area (Å²) < 4.78 is 31.4. The third-order valence-corrected chi connectivity index (χ3v) is 7.69. The Morgan fingerprint density at radius 2 is 1.49 bits per heavy atom. The van der Waals surface area contributed by atoms with E-state index in [4.69, 9.17) is 14.2 Å². The number of methoxy groups -OCH3 is 3. The van der Waals surface area contributed by atoms with Crippen molar-refractivity contribution >= 4 is 17.5 Å². The molecule has 8 nitrogen and oxygen atoms in total. The lowest BCUT2D eigenvalue weighted by Crippen LogP contribution is -2.53. The second-order valence-electron chi connectivity index (χ2n) is 9.66. The van der Waals surface area contributed by atoms with Crippen LogP contribution in [0.2, 0.25) is 0 Å². The van der Waals surface area contributed by atoms with Gasteiger partial charge in [-0.25, -0.2) is 4.39 Å². The molecule has 5 rings (SSSR count). The van der Waals surface area contributed by atoms with Gasteiger partial charge in [0.05, 0.1) is 33.3 Å². The predicted molar refractivity (Wildman–Crippen MR) is 145 cm³/mol. The van der Waals surface area contributed by atoms with Gasteiger partial charge in [-0.2, -0.15) is 0 Å². The number of nitrogens with zero attached hydrogens (tertiary/aromatic N) is 3. The van der Waals surface area contributed by atoms with Crippen LogP contribution in [0.25, 0.3) is 0 Å². The van der Waals surface area contributed by atoms with Crippen molar-refractivity contribution in [3.63, 3.8) is 0 Å². The Morgan fingerprint density at radius 1 is 0.846 bits per heavy atom. The molecule has 0 spiro atoms. The first-order chi connectivity index (χ1) is 18.9. The molecule has 0 N–H and O–H groups in total. The smallest absolute Gasteiger partial charge is 0.254 e. The van der Waals surface area contributed by atoms with Crippen molar-refractivity contribution in [2.75, 3.05) is 59.5 Å². The Labute approximate surface area is 227 Å². The minimum absolute atomic E-state index is 0.162. The summed E-state index contributed by atoms with van der Waals surface area (Å²) in [5.74, 6) is -0.184. The molecule has 2 aliphatic rings. The molecular weight excluding hydrogens is 501 g/mol. The number of amides is 2. The maximum atomic E-state index is 15.2. The highest BCUT2D eigenvalue weighted by Gasteiger charge is 2.46. The van der Waals surface area contributed by atoms with Crippen LogP contribution in [0.15, 0.2) is 60.7 Å². The van der Waals surface area contributed by atoms with Gasteiger partial charge in [0.25, 0.3) is 5.91 Å². The van der Waals surface area contributed by atoms with Crippen LogP contribution in [0.4, 0.5) is 10.1 Å². The summed E-state index contributed by atoms with van der Waals surface area (Å²) in [6.45, 7) is 2.27. The zero-order valence-electron chi connectivity index (χ0n) is 22.5. The Kier molecular flexibility index (Phi) is 7.32. The number of halogens is 1. The fourth-order valence-electron chi connectivity index (χ4n) is 5.59. The number of fused-ring (bicyclic) bond motifs is 1. The minimum atomic E-state index is -0.827. The van der Waals surface area contributed by atoms with Gasteiger partial charge in [0.15, 0.2) is 11.5 Å². The highest BCUT2D eigenvalue weighted by atomic mass is 19.1. The van der Waals surface area contributed by atoms with Gasteiger partial charge in [-0.15, -0.1) is 0 Å². The number of anilines is 1. The van der Waals surface area contributed by atoms with E-state index in [9.17, 15) is 9.59 Å². The molecular formula is C30H32FN3O5. The monoisotopic (exact) mass is 533 g/mol. The Morgan fingerprint density at radius 3 is 2.10 bits per heavy atom. The van der Waals surface area contributed by atoms with E-state index in [1.807, 2.05) is 29.2 Å². The molecule has 2 heterocycles. The van der Waals surface area contributed by atoms with Crippen LogP contribution in [0.1, 0.15) is 33.4 Å². The van der Waals surface area contributed by atoms with Crippen LogP contribution >= 0.6 is 0 Å². The molecule has 2 amide bonds. The van der Waals surface area contributed by atoms with Crippen LogP contribution in [0.3, 0.4) is 0 Å². The van der Waals surface area contributed by atoms with Gasteiger partial charge in [-0.3, -0.25) is 9.59 Å². The van der Waals surface area contributed by atoms with E-state index >= 15 is 4.39 Å². The van der Waals surface area contributed by atoms with Gasteiger partial charge in [0.1, 0.15) is 11.6 Å². The molecule has 0 unspecified atom stereocenters. The van der Waals surface area contributed by atoms with E-state index in [2.05, 4.69) is 4.90 Å². The average molecular weight is 534 g/mol. The maximum Gasteiger partial charge on any atom is 0.254 e. The van der Waals surface area contributed by atoms with Gasteiger partial charge >= 0.3 is 0 Å². The summed E-state index contributed by atoms with van der Waals surface area (Å²) in [7, 11) is 6.24. The van der Waals surface area contributed by atoms with Crippen LogP contribution in [0.5, 0.6) is 17.2 Å². The zero-order chi connectivity index (χ0) is 27.7. The average Bonchev–Trinajstić information content (AvgIpc) is 2.98. The molecule has 3 aromatic carbocycles. The van der Waals surface area contributed by atoms with Crippen LogP contribution in [0, 0.1) is 5.82 Å². The Balaban J connectivity index is 1.51. The first kappa shape index (κ1) is 26.3. The van der Waals surface area contributed by atoms with Gasteiger partial charge in [-0.05, 0) is 48.0 Å². The fourth-order valence-corrected chi connectivity index (χ4v) is 5.59. The van der Waals surface area contributed by atoms with Crippen molar-refractivity contribution in [3.05, 3.63) is 83.2 Å². The molecule has 204 valence electrons. The molecule has 0 radical (unpaired) electrons. The van der Waals surface area contributed by atoms with Crippen LogP contribution in [-0.4, -0.2) is 76.2 Å². The SMILES string of the molecule is COc1ccc(N2CCN(C(=O)[C@H]3c4cc(OC)c(OC)cc4C(=O)N(C)[C@@H]3c3ccccc3F)CC2)cc1. The summed E-state index contributed by atoms with van der Waals surface area (Å²) >= 11 is 0. The van der Waals surface area contributed by atoms with Crippen LogP contribution in [-0.2, 0) is 4.79 Å². The number of likely N-dealkylation sites (N-methyl/N-ethyl adjacent to an activating group) is 1. The Hall–Kier alpha value is -4.27. The number of hydrogen-bond acceptors (Lipinski definition) is 6. The summed E-state index contributed by atoms with van der Waals surface area (Å²) in [6.07, 6.45) is 0. The highest BCUT2D eigenvalue weighted by molar-refractivity contribution is 6.02. The minimum Gasteiger partial charge on any atom is -0.497 e. The summed E-state index contributed by atoms with van der Waals surface area (Å²) in [5, 5.41) is 0. The summed E-state index contributed by atoms with van der Waals surface area (Å²) in [5.41, 5.74) is 2.20. The topological polar surface area (TPSA) is 71.5 Å². The standard InChI is InChI=1S/C30H32FN3O5/c1-32-28(21-7-5-6-8-24(21)31)27(22-17-25(38-3)26(39-4)18-23(22)29(32)35)30(36)34-15-13-33(14-16-34)19-9-11-20(37-2)12-10-19/h5-12,17-18,27-28H,13-16H2,1-4H3/t27-,28+/m0/s1. The third-order valence-electron chi connectivity index (χ3n) is 7.69. The molecule has 9 heteroatoms. The number of ether oxygens (including phenoxy) is 3. The molecule has 0 saturated carbocycles. The second kappa shape index (κ2) is 10.8. The quantitative estimate of drug-likeness (QED) is 0.475. The normalized spacial score (nSPS) is 19.0. The van der Waals surface area contributed by atoms with Crippen molar-refractivity contribution in [3.8, 4) is 17.2 Å². The van der Waals surface area contributed by atoms with E-state index < -0.39 is 17.8 Å². The van der Waals surface area contributed by atoms with Crippen molar-refractivity contribution in [2.45, 2.75) is 12.0 Å². The molecule has 0 aromatic heterocycles. The number of carbonyl (C=O) groups excluding carboxylic acids is 2. The fraction of sp³-hybridized carbons (Fsp3) is 0.333. The molecule has 0 aliphatic carbocycles. The molecule has 2 atom stereocenters. The van der Waals surface area contributed by atoms with Crippen molar-refractivity contribution < 1.29 is 28.2 Å². The van der Waals surface area contributed by atoms with E-state index in [-0.39, 0.29) is 11.8 Å². The van der Waals surface area contributed by atoms with Crippen molar-refractivity contribution in [1.82, 2.24) is 9.80 Å².